The Morgan fingerprint density at radius 3 is 2.61 bits per heavy atom. The Bertz CT molecular complexity index is 405. The van der Waals surface area contributed by atoms with Crippen LogP contribution >= 0.6 is 0 Å². The van der Waals surface area contributed by atoms with E-state index in [9.17, 15) is 18.0 Å². The molecule has 6 heteroatoms. The topological polar surface area (TPSA) is 41.1 Å². The van der Waals surface area contributed by atoms with E-state index in [0.29, 0.717) is 13.1 Å². The van der Waals surface area contributed by atoms with Crippen LogP contribution in [0.1, 0.15) is 22.8 Å². The van der Waals surface area contributed by atoms with Crippen LogP contribution in [0.25, 0.3) is 0 Å². The fraction of sp³-hybridized carbons (Fsp3) is 0.417. The molecule has 0 aliphatic heterocycles. The predicted molar refractivity (Wildman–Crippen MR) is 62.3 cm³/mol. The molecule has 1 aromatic carbocycles. The van der Waals surface area contributed by atoms with Crippen molar-refractivity contribution in [2.75, 3.05) is 19.6 Å². The van der Waals surface area contributed by atoms with Gasteiger partial charge >= 0.3 is 6.18 Å². The lowest BCUT2D eigenvalue weighted by atomic mass is 10.1. The number of hydrogen-bond donors (Lipinski definition) is 2. The second-order valence-corrected chi connectivity index (χ2v) is 3.69. The van der Waals surface area contributed by atoms with Crippen molar-refractivity contribution in [3.05, 3.63) is 35.4 Å². The van der Waals surface area contributed by atoms with Gasteiger partial charge in [0.2, 0.25) is 0 Å². The third kappa shape index (κ3) is 4.37. The highest BCUT2D eigenvalue weighted by atomic mass is 19.4. The van der Waals surface area contributed by atoms with E-state index in [1.165, 1.54) is 12.1 Å². The molecule has 100 valence electrons. The maximum Gasteiger partial charge on any atom is 0.416 e. The minimum atomic E-state index is -4.43. The number of likely N-dealkylation sites (N-methyl/N-ethyl adjacent to an activating group) is 1. The monoisotopic (exact) mass is 260 g/mol. The SMILES string of the molecule is CCNCCNC(=O)c1cccc(C(F)(F)F)c1. The van der Waals surface area contributed by atoms with Crippen molar-refractivity contribution in [1.82, 2.24) is 10.6 Å². The van der Waals surface area contributed by atoms with Gasteiger partial charge in [0, 0.05) is 18.7 Å². The van der Waals surface area contributed by atoms with Crippen LogP contribution in [0.2, 0.25) is 0 Å². The van der Waals surface area contributed by atoms with Gasteiger partial charge in [0.25, 0.3) is 5.91 Å². The van der Waals surface area contributed by atoms with E-state index in [4.69, 9.17) is 0 Å². The number of carbonyl (C=O) groups is 1. The summed E-state index contributed by atoms with van der Waals surface area (Å²) >= 11 is 0. The first-order valence-corrected chi connectivity index (χ1v) is 5.61. The quantitative estimate of drug-likeness (QED) is 0.795. The molecule has 0 unspecified atom stereocenters. The Kier molecular flexibility index (Phi) is 5.15. The molecule has 0 radical (unpaired) electrons. The molecule has 0 fully saturated rings. The van der Waals surface area contributed by atoms with E-state index in [1.54, 1.807) is 0 Å². The highest BCUT2D eigenvalue weighted by molar-refractivity contribution is 5.94. The number of halogens is 3. The van der Waals surface area contributed by atoms with E-state index in [1.807, 2.05) is 6.92 Å². The summed E-state index contributed by atoms with van der Waals surface area (Å²) < 4.78 is 37.3. The second-order valence-electron chi connectivity index (χ2n) is 3.69. The minimum absolute atomic E-state index is 0.0151. The zero-order valence-electron chi connectivity index (χ0n) is 9.97. The summed E-state index contributed by atoms with van der Waals surface area (Å²) in [6.07, 6.45) is -4.43. The molecule has 0 saturated heterocycles. The summed E-state index contributed by atoms with van der Waals surface area (Å²) in [5.74, 6) is -0.501. The lowest BCUT2D eigenvalue weighted by molar-refractivity contribution is -0.137. The van der Waals surface area contributed by atoms with Crippen LogP contribution in [0, 0.1) is 0 Å². The summed E-state index contributed by atoms with van der Waals surface area (Å²) in [4.78, 5) is 11.6. The molecule has 1 aromatic rings. The Hall–Kier alpha value is -1.56. The van der Waals surface area contributed by atoms with Crippen molar-refractivity contribution in [1.29, 1.82) is 0 Å². The summed E-state index contributed by atoms with van der Waals surface area (Å²) in [5, 5.41) is 5.54. The molecule has 2 N–H and O–H groups in total. The lowest BCUT2D eigenvalue weighted by Gasteiger charge is -2.09. The molecular weight excluding hydrogens is 245 g/mol. The second kappa shape index (κ2) is 6.39. The fourth-order valence-corrected chi connectivity index (χ4v) is 1.38. The van der Waals surface area contributed by atoms with Gasteiger partial charge in [0.15, 0.2) is 0 Å². The molecule has 18 heavy (non-hydrogen) atoms. The molecule has 0 saturated carbocycles. The van der Waals surface area contributed by atoms with Crippen molar-refractivity contribution in [3.8, 4) is 0 Å². The highest BCUT2D eigenvalue weighted by Crippen LogP contribution is 2.29. The van der Waals surface area contributed by atoms with Gasteiger partial charge in [-0.3, -0.25) is 4.79 Å². The van der Waals surface area contributed by atoms with Crippen LogP contribution in [0.5, 0.6) is 0 Å². The summed E-state index contributed by atoms with van der Waals surface area (Å²) in [7, 11) is 0. The van der Waals surface area contributed by atoms with Crippen molar-refractivity contribution in [2.24, 2.45) is 0 Å². The van der Waals surface area contributed by atoms with Gasteiger partial charge in [0.1, 0.15) is 0 Å². The van der Waals surface area contributed by atoms with E-state index in [0.717, 1.165) is 18.7 Å². The summed E-state index contributed by atoms with van der Waals surface area (Å²) in [6, 6.07) is 4.37. The largest absolute Gasteiger partial charge is 0.416 e. The van der Waals surface area contributed by atoms with Crippen LogP contribution in [0.4, 0.5) is 13.2 Å². The first-order chi connectivity index (χ1) is 8.45. The van der Waals surface area contributed by atoms with Gasteiger partial charge in [-0.25, -0.2) is 0 Å². The van der Waals surface area contributed by atoms with Crippen LogP contribution in [0.15, 0.2) is 24.3 Å². The molecular formula is C12H15F3N2O. The molecule has 0 bridgehead atoms. The zero-order valence-corrected chi connectivity index (χ0v) is 9.97. The Morgan fingerprint density at radius 1 is 1.28 bits per heavy atom. The van der Waals surface area contributed by atoms with Crippen molar-refractivity contribution in [2.45, 2.75) is 13.1 Å². The number of amides is 1. The number of nitrogens with one attached hydrogen (secondary N) is 2. The molecule has 0 spiro atoms. The number of alkyl halides is 3. The maximum absolute atomic E-state index is 12.4. The number of hydrogen-bond acceptors (Lipinski definition) is 2. The van der Waals surface area contributed by atoms with Gasteiger partial charge in [-0.15, -0.1) is 0 Å². The molecule has 0 aromatic heterocycles. The minimum Gasteiger partial charge on any atom is -0.351 e. The Morgan fingerprint density at radius 2 is 2.00 bits per heavy atom. The van der Waals surface area contributed by atoms with Crippen LogP contribution < -0.4 is 10.6 Å². The lowest BCUT2D eigenvalue weighted by Crippen LogP contribution is -2.31. The van der Waals surface area contributed by atoms with Gasteiger partial charge in [-0.05, 0) is 24.7 Å². The third-order valence-electron chi connectivity index (χ3n) is 2.29. The maximum atomic E-state index is 12.4. The first kappa shape index (κ1) is 14.5. The smallest absolute Gasteiger partial charge is 0.351 e. The van der Waals surface area contributed by atoms with E-state index in [-0.39, 0.29) is 5.56 Å². The average molecular weight is 260 g/mol. The van der Waals surface area contributed by atoms with E-state index in [2.05, 4.69) is 10.6 Å². The number of benzene rings is 1. The van der Waals surface area contributed by atoms with E-state index < -0.39 is 17.6 Å². The Balaban J connectivity index is 2.63. The van der Waals surface area contributed by atoms with Crippen molar-refractivity contribution in [3.63, 3.8) is 0 Å². The third-order valence-corrected chi connectivity index (χ3v) is 2.29. The van der Waals surface area contributed by atoms with E-state index >= 15 is 0 Å². The summed E-state index contributed by atoms with van der Waals surface area (Å²) in [6.45, 7) is 3.66. The normalized spacial score (nSPS) is 11.3. The summed E-state index contributed by atoms with van der Waals surface area (Å²) in [5.41, 5.74) is -0.803. The predicted octanol–water partition coefficient (Wildman–Crippen LogP) is 2.04. The molecule has 1 amide bonds. The van der Waals surface area contributed by atoms with Crippen LogP contribution in [-0.4, -0.2) is 25.5 Å². The van der Waals surface area contributed by atoms with Gasteiger partial charge in [0.05, 0.1) is 5.56 Å². The molecule has 1 rings (SSSR count). The van der Waals surface area contributed by atoms with Gasteiger partial charge in [-0.2, -0.15) is 13.2 Å². The highest BCUT2D eigenvalue weighted by Gasteiger charge is 2.30. The van der Waals surface area contributed by atoms with Crippen molar-refractivity contribution >= 4 is 5.91 Å². The number of rotatable bonds is 5. The Labute approximate surface area is 103 Å². The first-order valence-electron chi connectivity index (χ1n) is 5.61. The molecule has 3 nitrogen and oxygen atoms in total. The standard InChI is InChI=1S/C12H15F3N2O/c1-2-16-6-7-17-11(18)9-4-3-5-10(8-9)12(13,14)15/h3-5,8,16H,2,6-7H2,1H3,(H,17,18). The zero-order chi connectivity index (χ0) is 13.6. The van der Waals surface area contributed by atoms with Gasteiger partial charge < -0.3 is 10.6 Å². The molecule has 0 aliphatic carbocycles. The molecule has 0 aliphatic rings. The fourth-order valence-electron chi connectivity index (χ4n) is 1.38. The van der Waals surface area contributed by atoms with Crippen LogP contribution in [0.3, 0.4) is 0 Å². The van der Waals surface area contributed by atoms with Crippen LogP contribution in [-0.2, 0) is 6.18 Å². The average Bonchev–Trinajstić information content (AvgIpc) is 2.33. The van der Waals surface area contributed by atoms with Crippen molar-refractivity contribution < 1.29 is 18.0 Å². The molecule has 0 atom stereocenters. The molecule has 0 heterocycles. The number of carbonyl (C=O) groups excluding carboxylic acids is 1. The van der Waals surface area contributed by atoms with Gasteiger partial charge in [-0.1, -0.05) is 13.0 Å².